The molecule has 1 saturated heterocycles. The number of anilines is 1. The zero-order valence-electron chi connectivity index (χ0n) is 15.2. The lowest BCUT2D eigenvalue weighted by atomic mass is 10.1. The molecule has 1 aliphatic heterocycles. The molecule has 2 N–H and O–H groups in total. The van der Waals surface area contributed by atoms with Crippen LogP contribution < -0.4 is 10.6 Å². The normalized spacial score (nSPS) is 16.2. The molecular formula is C20H23N3O4. The molecule has 0 bridgehead atoms. The van der Waals surface area contributed by atoms with Crippen LogP contribution in [0.5, 0.6) is 0 Å². The van der Waals surface area contributed by atoms with Crippen LogP contribution in [-0.4, -0.2) is 41.8 Å². The van der Waals surface area contributed by atoms with Gasteiger partial charge in [-0.3, -0.25) is 14.4 Å². The molecule has 2 aromatic rings. The molecule has 2 heterocycles. The number of nitrogens with zero attached hydrogens (tertiary/aromatic N) is 1. The van der Waals surface area contributed by atoms with Crippen LogP contribution in [0.25, 0.3) is 0 Å². The van der Waals surface area contributed by atoms with E-state index in [-0.39, 0.29) is 23.5 Å². The lowest BCUT2D eigenvalue weighted by Crippen LogP contribution is -2.43. The number of nitrogens with one attached hydrogen (secondary N) is 2. The first-order valence-electron chi connectivity index (χ1n) is 9.13. The average molecular weight is 369 g/mol. The van der Waals surface area contributed by atoms with Gasteiger partial charge in [0.2, 0.25) is 5.91 Å². The Bertz CT molecular complexity index is 816. The zero-order valence-corrected chi connectivity index (χ0v) is 15.2. The first-order valence-corrected chi connectivity index (χ1v) is 9.13. The Morgan fingerprint density at radius 1 is 1.22 bits per heavy atom. The summed E-state index contributed by atoms with van der Waals surface area (Å²) in [7, 11) is 0. The zero-order chi connectivity index (χ0) is 19.2. The Kier molecular flexibility index (Phi) is 5.90. The molecular weight excluding hydrogens is 346 g/mol. The first-order chi connectivity index (χ1) is 13.1. The van der Waals surface area contributed by atoms with Gasteiger partial charge in [0, 0.05) is 24.3 Å². The molecule has 7 nitrogen and oxygen atoms in total. The standard InChI is InChI=1S/C20H23N3O4/c1-2-10-21-18(24)14-6-3-7-15(13-14)22-19(25)16-8-4-11-23(16)20(26)17-9-5-12-27-17/h3,5-7,9,12-13,16H,2,4,8,10-11H2,1H3,(H,21,24)(H,22,25)/t16-/m0/s1. The summed E-state index contributed by atoms with van der Waals surface area (Å²) in [6.07, 6.45) is 3.63. The highest BCUT2D eigenvalue weighted by atomic mass is 16.3. The minimum atomic E-state index is -0.555. The van der Waals surface area contributed by atoms with Gasteiger partial charge >= 0.3 is 0 Å². The van der Waals surface area contributed by atoms with E-state index in [2.05, 4.69) is 10.6 Å². The second-order valence-corrected chi connectivity index (χ2v) is 6.46. The van der Waals surface area contributed by atoms with Crippen LogP contribution in [0.3, 0.4) is 0 Å². The summed E-state index contributed by atoms with van der Waals surface area (Å²) in [5.74, 6) is -0.503. The maximum atomic E-state index is 12.7. The molecule has 3 rings (SSSR count). The number of amides is 3. The van der Waals surface area contributed by atoms with Crippen molar-refractivity contribution in [1.29, 1.82) is 0 Å². The highest BCUT2D eigenvalue weighted by molar-refractivity contribution is 6.01. The van der Waals surface area contributed by atoms with Crippen molar-refractivity contribution in [2.24, 2.45) is 0 Å². The Morgan fingerprint density at radius 2 is 2.07 bits per heavy atom. The van der Waals surface area contributed by atoms with Crippen LogP contribution in [0, 0.1) is 0 Å². The molecule has 142 valence electrons. The Labute approximate surface area is 157 Å². The van der Waals surface area contributed by atoms with E-state index in [0.717, 1.165) is 12.8 Å². The summed E-state index contributed by atoms with van der Waals surface area (Å²) >= 11 is 0. The number of carbonyl (C=O) groups excluding carboxylic acids is 3. The number of furan rings is 1. The van der Waals surface area contributed by atoms with E-state index in [9.17, 15) is 14.4 Å². The molecule has 1 aliphatic rings. The lowest BCUT2D eigenvalue weighted by molar-refractivity contribution is -0.119. The maximum absolute atomic E-state index is 12.7. The Hall–Kier alpha value is -3.09. The fourth-order valence-electron chi connectivity index (χ4n) is 3.13. The van der Waals surface area contributed by atoms with Crippen molar-refractivity contribution >= 4 is 23.4 Å². The van der Waals surface area contributed by atoms with Gasteiger partial charge in [-0.15, -0.1) is 0 Å². The summed E-state index contributed by atoms with van der Waals surface area (Å²) in [6, 6.07) is 9.46. The second kappa shape index (κ2) is 8.53. The van der Waals surface area contributed by atoms with Crippen LogP contribution >= 0.6 is 0 Å². The van der Waals surface area contributed by atoms with Crippen LogP contribution in [-0.2, 0) is 4.79 Å². The summed E-state index contributed by atoms with van der Waals surface area (Å²) in [4.78, 5) is 38.9. The van der Waals surface area contributed by atoms with Gasteiger partial charge in [-0.1, -0.05) is 13.0 Å². The SMILES string of the molecule is CCCNC(=O)c1cccc(NC(=O)[C@@H]2CCCN2C(=O)c2ccco2)c1. The molecule has 0 spiro atoms. The maximum Gasteiger partial charge on any atom is 0.290 e. The van der Waals surface area contributed by atoms with Crippen molar-refractivity contribution in [3.05, 3.63) is 54.0 Å². The van der Waals surface area contributed by atoms with E-state index in [4.69, 9.17) is 4.42 Å². The van der Waals surface area contributed by atoms with E-state index in [1.54, 1.807) is 36.4 Å². The van der Waals surface area contributed by atoms with Crippen molar-refractivity contribution in [1.82, 2.24) is 10.2 Å². The molecule has 1 atom stereocenters. The van der Waals surface area contributed by atoms with E-state index in [0.29, 0.717) is 30.8 Å². The van der Waals surface area contributed by atoms with Crippen LogP contribution in [0.4, 0.5) is 5.69 Å². The van der Waals surface area contributed by atoms with Crippen molar-refractivity contribution in [3.8, 4) is 0 Å². The predicted octanol–water partition coefficient (Wildman–Crippen LogP) is 2.66. The van der Waals surface area contributed by atoms with E-state index >= 15 is 0 Å². The van der Waals surface area contributed by atoms with Gasteiger partial charge in [0.15, 0.2) is 5.76 Å². The highest BCUT2D eigenvalue weighted by Crippen LogP contribution is 2.22. The van der Waals surface area contributed by atoms with Gasteiger partial charge in [-0.25, -0.2) is 0 Å². The minimum Gasteiger partial charge on any atom is -0.459 e. The van der Waals surface area contributed by atoms with Gasteiger partial charge in [0.05, 0.1) is 6.26 Å². The quantitative estimate of drug-likeness (QED) is 0.819. The smallest absolute Gasteiger partial charge is 0.290 e. The summed E-state index contributed by atoms with van der Waals surface area (Å²) in [5.41, 5.74) is 1.01. The third-order valence-corrected chi connectivity index (χ3v) is 4.48. The first kappa shape index (κ1) is 18.7. The summed E-state index contributed by atoms with van der Waals surface area (Å²) in [6.45, 7) is 3.09. The minimum absolute atomic E-state index is 0.177. The van der Waals surface area contributed by atoms with Gasteiger partial charge < -0.3 is 20.0 Å². The molecule has 0 radical (unpaired) electrons. The molecule has 0 unspecified atom stereocenters. The van der Waals surface area contributed by atoms with Gasteiger partial charge in [-0.2, -0.15) is 0 Å². The van der Waals surface area contributed by atoms with Crippen molar-refractivity contribution in [2.75, 3.05) is 18.4 Å². The van der Waals surface area contributed by atoms with Crippen molar-refractivity contribution < 1.29 is 18.8 Å². The molecule has 1 fully saturated rings. The van der Waals surface area contributed by atoms with Crippen molar-refractivity contribution in [2.45, 2.75) is 32.2 Å². The second-order valence-electron chi connectivity index (χ2n) is 6.46. The molecule has 3 amide bonds. The van der Waals surface area contributed by atoms with Crippen molar-refractivity contribution in [3.63, 3.8) is 0 Å². The number of likely N-dealkylation sites (tertiary alicyclic amines) is 1. The molecule has 0 aliphatic carbocycles. The lowest BCUT2D eigenvalue weighted by Gasteiger charge is -2.23. The van der Waals surface area contributed by atoms with E-state index in [1.807, 2.05) is 6.92 Å². The van der Waals surface area contributed by atoms with Crippen LogP contribution in [0.1, 0.15) is 47.1 Å². The number of benzene rings is 1. The Morgan fingerprint density at radius 3 is 2.81 bits per heavy atom. The predicted molar refractivity (Wildman–Crippen MR) is 100 cm³/mol. The summed E-state index contributed by atoms with van der Waals surface area (Å²) < 4.78 is 5.16. The number of hydrogen-bond acceptors (Lipinski definition) is 4. The largest absolute Gasteiger partial charge is 0.459 e. The fourth-order valence-corrected chi connectivity index (χ4v) is 3.13. The molecule has 1 aromatic carbocycles. The fraction of sp³-hybridized carbons (Fsp3) is 0.350. The molecule has 7 heteroatoms. The van der Waals surface area contributed by atoms with Gasteiger partial charge in [0.25, 0.3) is 11.8 Å². The molecule has 27 heavy (non-hydrogen) atoms. The monoisotopic (exact) mass is 369 g/mol. The highest BCUT2D eigenvalue weighted by Gasteiger charge is 2.35. The number of rotatable bonds is 6. The third kappa shape index (κ3) is 4.36. The van der Waals surface area contributed by atoms with Crippen LogP contribution in [0.15, 0.2) is 47.1 Å². The van der Waals surface area contributed by atoms with Gasteiger partial charge in [0.1, 0.15) is 6.04 Å². The summed E-state index contributed by atoms with van der Waals surface area (Å²) in [5, 5.41) is 5.63. The van der Waals surface area contributed by atoms with E-state index in [1.165, 1.54) is 11.2 Å². The van der Waals surface area contributed by atoms with E-state index < -0.39 is 6.04 Å². The third-order valence-electron chi connectivity index (χ3n) is 4.48. The average Bonchev–Trinajstić information content (AvgIpc) is 3.37. The number of hydrogen-bond donors (Lipinski definition) is 2. The van der Waals surface area contributed by atoms with Gasteiger partial charge in [-0.05, 0) is 49.6 Å². The topological polar surface area (TPSA) is 91.7 Å². The molecule has 0 saturated carbocycles. The molecule has 1 aromatic heterocycles. The Balaban J connectivity index is 1.67. The number of carbonyl (C=O) groups is 3. The van der Waals surface area contributed by atoms with Crippen LogP contribution in [0.2, 0.25) is 0 Å².